The molecule has 10 heteroatoms. The Hall–Kier alpha value is -3.24. The molecule has 1 amide bonds. The average molecular weight is 502 g/mol. The van der Waals surface area contributed by atoms with Crippen LogP contribution in [0.5, 0.6) is 0 Å². The highest BCUT2D eigenvalue weighted by Crippen LogP contribution is 2.32. The quantitative estimate of drug-likeness (QED) is 0.337. The molecule has 0 atom stereocenters. The summed E-state index contributed by atoms with van der Waals surface area (Å²) in [6, 6.07) is 13.7. The molecule has 2 aromatic heterocycles. The van der Waals surface area contributed by atoms with Crippen molar-refractivity contribution >= 4 is 42.4 Å². The number of halogens is 2. The monoisotopic (exact) mass is 501 g/mol. The Bertz CT molecular complexity index is 1420. The van der Waals surface area contributed by atoms with Crippen LogP contribution in [0.3, 0.4) is 0 Å². The van der Waals surface area contributed by atoms with Gasteiger partial charge in [-0.2, -0.15) is 0 Å². The summed E-state index contributed by atoms with van der Waals surface area (Å²) in [4.78, 5) is 23.1. The molecule has 0 unspecified atom stereocenters. The van der Waals surface area contributed by atoms with Crippen molar-refractivity contribution in [2.75, 3.05) is 10.7 Å². The Labute approximate surface area is 199 Å². The van der Waals surface area contributed by atoms with Crippen LogP contribution in [0, 0.1) is 18.6 Å². The van der Waals surface area contributed by atoms with Gasteiger partial charge in [-0.25, -0.2) is 22.2 Å². The van der Waals surface area contributed by atoms with E-state index in [1.165, 1.54) is 4.90 Å². The van der Waals surface area contributed by atoms with Gasteiger partial charge in [-0.05, 0) is 43.7 Å². The van der Waals surface area contributed by atoms with Gasteiger partial charge >= 0.3 is 0 Å². The van der Waals surface area contributed by atoms with Gasteiger partial charge in [0, 0.05) is 18.7 Å². The minimum atomic E-state index is -3.54. The van der Waals surface area contributed by atoms with Crippen LogP contribution in [0.25, 0.3) is 10.2 Å². The molecule has 0 bridgehead atoms. The number of fused-ring (bicyclic) bond motifs is 1. The van der Waals surface area contributed by atoms with Gasteiger partial charge in [0.05, 0.1) is 27.6 Å². The topological polar surface area (TPSA) is 80.2 Å². The molecule has 0 spiro atoms. The maximum Gasteiger partial charge on any atom is 0.229 e. The van der Waals surface area contributed by atoms with E-state index in [-0.39, 0.29) is 51.3 Å². The van der Waals surface area contributed by atoms with Crippen LogP contribution >= 0.6 is 11.3 Å². The zero-order chi connectivity index (χ0) is 24.3. The number of anilines is 1. The number of aromatic nitrogens is 2. The first kappa shape index (κ1) is 23.9. The van der Waals surface area contributed by atoms with Gasteiger partial charge < -0.3 is 0 Å². The molecule has 0 radical (unpaired) electrons. The number of thiazole rings is 1. The van der Waals surface area contributed by atoms with Gasteiger partial charge in [0.2, 0.25) is 5.91 Å². The van der Waals surface area contributed by atoms with Gasteiger partial charge in [0.1, 0.15) is 11.3 Å². The number of rotatable bonds is 8. The Morgan fingerprint density at radius 1 is 1.09 bits per heavy atom. The second kappa shape index (κ2) is 9.94. The van der Waals surface area contributed by atoms with Gasteiger partial charge in [0.25, 0.3) is 0 Å². The molecule has 2 heterocycles. The van der Waals surface area contributed by atoms with E-state index in [1.54, 1.807) is 48.7 Å². The van der Waals surface area contributed by atoms with Crippen molar-refractivity contribution < 1.29 is 22.0 Å². The van der Waals surface area contributed by atoms with Gasteiger partial charge in [0.15, 0.2) is 20.8 Å². The largest absolute Gasteiger partial charge is 0.282 e. The van der Waals surface area contributed by atoms with Crippen LogP contribution in [-0.4, -0.2) is 30.0 Å². The van der Waals surface area contributed by atoms with E-state index in [4.69, 9.17) is 0 Å². The summed E-state index contributed by atoms with van der Waals surface area (Å²) < 4.78 is 53.4. The van der Waals surface area contributed by atoms with Gasteiger partial charge in [-0.3, -0.25) is 14.7 Å². The van der Waals surface area contributed by atoms with Crippen LogP contribution in [0.4, 0.5) is 13.9 Å². The fraction of sp³-hybridized carbons (Fsp3) is 0.208. The SMILES string of the molecule is Cc1ccc(S(=O)(=O)CCCC(=O)N(Cc2ccccn2)c2nc3c(F)cc(F)cc3s2)cc1. The normalized spacial score (nSPS) is 11.6. The average Bonchev–Trinajstić information content (AvgIpc) is 3.22. The lowest BCUT2D eigenvalue weighted by Gasteiger charge is -2.19. The highest BCUT2D eigenvalue weighted by Gasteiger charge is 2.23. The summed E-state index contributed by atoms with van der Waals surface area (Å²) in [6.45, 7) is 1.93. The molecule has 2 aromatic carbocycles. The number of carbonyl (C=O) groups is 1. The highest BCUT2D eigenvalue weighted by atomic mass is 32.2. The molecule has 0 fully saturated rings. The number of sulfone groups is 1. The van der Waals surface area contributed by atoms with Crippen LogP contribution in [0.1, 0.15) is 24.1 Å². The number of nitrogens with zero attached hydrogens (tertiary/aromatic N) is 3. The van der Waals surface area contributed by atoms with E-state index in [9.17, 15) is 22.0 Å². The van der Waals surface area contributed by atoms with Crippen molar-refractivity contribution in [3.63, 3.8) is 0 Å². The molecule has 0 N–H and O–H groups in total. The first-order valence-corrected chi connectivity index (χ1v) is 12.9. The van der Waals surface area contributed by atoms with E-state index in [0.29, 0.717) is 5.69 Å². The Morgan fingerprint density at radius 2 is 1.85 bits per heavy atom. The molecular formula is C24H21F2N3O3S2. The molecule has 0 aliphatic heterocycles. The van der Waals surface area contributed by atoms with Crippen LogP contribution < -0.4 is 4.90 Å². The molecule has 4 aromatic rings. The van der Waals surface area contributed by atoms with E-state index in [0.717, 1.165) is 29.0 Å². The molecule has 0 saturated heterocycles. The van der Waals surface area contributed by atoms with Crippen LogP contribution in [0.2, 0.25) is 0 Å². The van der Waals surface area contributed by atoms with Crippen LogP contribution in [-0.2, 0) is 21.2 Å². The number of carbonyl (C=O) groups excluding carboxylic acids is 1. The Morgan fingerprint density at radius 3 is 2.56 bits per heavy atom. The number of amides is 1. The summed E-state index contributed by atoms with van der Waals surface area (Å²) in [5, 5.41) is 0.191. The van der Waals surface area contributed by atoms with Crippen molar-refractivity contribution in [2.45, 2.75) is 31.2 Å². The van der Waals surface area contributed by atoms with Crippen molar-refractivity contribution in [2.24, 2.45) is 0 Å². The molecule has 0 aliphatic rings. The fourth-order valence-electron chi connectivity index (χ4n) is 3.39. The van der Waals surface area contributed by atoms with Crippen molar-refractivity contribution in [3.05, 3.63) is 83.7 Å². The Balaban J connectivity index is 1.55. The summed E-state index contributed by atoms with van der Waals surface area (Å²) in [6.07, 6.45) is 1.62. The molecular weight excluding hydrogens is 480 g/mol. The minimum Gasteiger partial charge on any atom is -0.282 e. The maximum absolute atomic E-state index is 14.2. The smallest absolute Gasteiger partial charge is 0.229 e. The molecule has 176 valence electrons. The highest BCUT2D eigenvalue weighted by molar-refractivity contribution is 7.91. The molecule has 0 saturated carbocycles. The van der Waals surface area contributed by atoms with E-state index in [2.05, 4.69) is 9.97 Å². The van der Waals surface area contributed by atoms with Gasteiger partial charge in [-0.1, -0.05) is 35.1 Å². The van der Waals surface area contributed by atoms with Crippen molar-refractivity contribution in [1.82, 2.24) is 9.97 Å². The zero-order valence-corrected chi connectivity index (χ0v) is 19.9. The van der Waals surface area contributed by atoms with Gasteiger partial charge in [-0.15, -0.1) is 0 Å². The van der Waals surface area contributed by atoms with Crippen molar-refractivity contribution in [3.8, 4) is 0 Å². The van der Waals surface area contributed by atoms with E-state index < -0.39 is 21.5 Å². The third-order valence-corrected chi connectivity index (χ3v) is 8.01. The van der Waals surface area contributed by atoms with Crippen molar-refractivity contribution in [1.29, 1.82) is 0 Å². The molecule has 34 heavy (non-hydrogen) atoms. The third-order valence-electron chi connectivity index (χ3n) is 5.16. The molecule has 0 aliphatic carbocycles. The lowest BCUT2D eigenvalue weighted by atomic mass is 10.2. The number of hydrogen-bond donors (Lipinski definition) is 0. The maximum atomic E-state index is 14.2. The van der Waals surface area contributed by atoms with Crippen LogP contribution in [0.15, 0.2) is 65.7 Å². The number of aryl methyl sites for hydroxylation is 1. The summed E-state index contributed by atoms with van der Waals surface area (Å²) in [5.74, 6) is -2.13. The first-order valence-electron chi connectivity index (χ1n) is 10.5. The second-order valence-electron chi connectivity index (χ2n) is 7.77. The minimum absolute atomic E-state index is 0.0258. The third kappa shape index (κ3) is 5.45. The number of pyridine rings is 1. The summed E-state index contributed by atoms with van der Waals surface area (Å²) >= 11 is 0.986. The van der Waals surface area contributed by atoms with E-state index >= 15 is 0 Å². The standard InChI is InChI=1S/C24H21F2N3O3S2/c1-16-7-9-19(10-8-16)34(31,32)12-4-6-22(30)29(15-18-5-2-3-11-27-18)24-28-23-20(26)13-17(25)14-21(23)33-24/h2-3,5,7-11,13-14H,4,6,12,15H2,1H3. The number of hydrogen-bond acceptors (Lipinski definition) is 6. The second-order valence-corrected chi connectivity index (χ2v) is 10.9. The van der Waals surface area contributed by atoms with E-state index in [1.807, 2.05) is 6.92 Å². The predicted octanol–water partition coefficient (Wildman–Crippen LogP) is 5.07. The Kier molecular flexibility index (Phi) is 6.99. The zero-order valence-electron chi connectivity index (χ0n) is 18.2. The molecule has 4 rings (SSSR count). The molecule has 6 nitrogen and oxygen atoms in total. The summed E-state index contributed by atoms with van der Waals surface area (Å²) in [7, 11) is -3.54. The summed E-state index contributed by atoms with van der Waals surface area (Å²) in [5.41, 5.74) is 1.50. The fourth-order valence-corrected chi connectivity index (χ4v) is 5.72. The number of benzene rings is 2. The lowest BCUT2D eigenvalue weighted by molar-refractivity contribution is -0.118. The first-order chi connectivity index (χ1) is 16.2. The lowest BCUT2D eigenvalue weighted by Crippen LogP contribution is -2.30. The predicted molar refractivity (Wildman–Crippen MR) is 127 cm³/mol.